The van der Waals surface area contributed by atoms with Gasteiger partial charge in [-0.1, -0.05) is 35.9 Å². The summed E-state index contributed by atoms with van der Waals surface area (Å²) in [6.07, 6.45) is 10.1. The van der Waals surface area contributed by atoms with Gasteiger partial charge < -0.3 is 20.7 Å². The Morgan fingerprint density at radius 1 is 1.29 bits per heavy atom. The number of likely N-dealkylation sites (tertiary alicyclic amines) is 1. The van der Waals surface area contributed by atoms with Crippen LogP contribution in [0.2, 0.25) is 0 Å². The van der Waals surface area contributed by atoms with Gasteiger partial charge in [0.1, 0.15) is 5.75 Å². The molecule has 1 saturated heterocycles. The van der Waals surface area contributed by atoms with E-state index in [-0.39, 0.29) is 0 Å². The van der Waals surface area contributed by atoms with Crippen LogP contribution in [0.4, 0.5) is 0 Å². The van der Waals surface area contributed by atoms with Crippen LogP contribution >= 0.6 is 0 Å². The molecule has 1 atom stereocenters. The lowest BCUT2D eigenvalue weighted by atomic mass is 10.2. The normalized spacial score (nSPS) is 17.4. The number of amides is 1. The zero-order valence-electron chi connectivity index (χ0n) is 18.4. The van der Waals surface area contributed by atoms with Crippen molar-refractivity contribution in [3.63, 3.8) is 0 Å². The highest BCUT2D eigenvalue weighted by atomic mass is 16.5. The number of hydrogen-bond acceptors (Lipinski definition) is 5. The Labute approximate surface area is 184 Å². The standard InChI is InChI=1S/C25H32N4O2/c1-3-4-5-19(2)12-14-29-15-13-22(18-29)27-16-20-6-9-23(10-7-20)31-24-11-8-21(17-28-24)25(26)30/h3-11,17,22,27H,12-16,18H2,1-2H3,(H2,26,30)/b4-3-,19-5+/t22-/m1/s1. The van der Waals surface area contributed by atoms with Crippen LogP contribution in [0.25, 0.3) is 0 Å². The molecule has 6 nitrogen and oxygen atoms in total. The first kappa shape index (κ1) is 22.7. The third-order valence-electron chi connectivity index (χ3n) is 5.43. The number of nitrogens with one attached hydrogen (secondary N) is 1. The van der Waals surface area contributed by atoms with Crippen molar-refractivity contribution >= 4 is 5.91 Å². The highest BCUT2D eigenvalue weighted by molar-refractivity contribution is 5.92. The monoisotopic (exact) mass is 420 g/mol. The van der Waals surface area contributed by atoms with Crippen LogP contribution in [0.15, 0.2) is 66.4 Å². The first-order valence-electron chi connectivity index (χ1n) is 10.8. The van der Waals surface area contributed by atoms with E-state index in [4.69, 9.17) is 10.5 Å². The van der Waals surface area contributed by atoms with Crippen molar-refractivity contribution in [2.75, 3.05) is 19.6 Å². The van der Waals surface area contributed by atoms with Crippen LogP contribution in [0, 0.1) is 0 Å². The van der Waals surface area contributed by atoms with Crippen LogP contribution in [0.5, 0.6) is 11.6 Å². The Hall–Kier alpha value is -2.96. The molecule has 0 unspecified atom stereocenters. The minimum absolute atomic E-state index is 0.361. The number of pyridine rings is 1. The Morgan fingerprint density at radius 3 is 2.77 bits per heavy atom. The van der Waals surface area contributed by atoms with Gasteiger partial charge in [0.15, 0.2) is 0 Å². The number of primary amides is 1. The minimum atomic E-state index is -0.502. The van der Waals surface area contributed by atoms with E-state index in [1.165, 1.54) is 23.8 Å². The zero-order valence-corrected chi connectivity index (χ0v) is 18.4. The third kappa shape index (κ3) is 7.35. The predicted octanol–water partition coefficient (Wildman–Crippen LogP) is 4.05. The maximum absolute atomic E-state index is 11.1. The van der Waals surface area contributed by atoms with Crippen molar-refractivity contribution in [2.45, 2.75) is 39.3 Å². The van der Waals surface area contributed by atoms with Gasteiger partial charge in [0.05, 0.1) is 5.56 Å². The lowest BCUT2D eigenvalue weighted by Gasteiger charge is -2.17. The predicted molar refractivity (Wildman–Crippen MR) is 124 cm³/mol. The second-order valence-corrected chi connectivity index (χ2v) is 7.95. The molecule has 1 amide bonds. The second kappa shape index (κ2) is 11.4. The molecule has 3 N–H and O–H groups in total. The molecule has 0 radical (unpaired) electrons. The molecule has 1 aromatic carbocycles. The summed E-state index contributed by atoms with van der Waals surface area (Å²) in [5.74, 6) is 0.631. The second-order valence-electron chi connectivity index (χ2n) is 7.95. The van der Waals surface area contributed by atoms with Crippen LogP contribution < -0.4 is 15.8 Å². The number of rotatable bonds is 10. The Kier molecular flexibility index (Phi) is 8.38. The highest BCUT2D eigenvalue weighted by Crippen LogP contribution is 2.20. The molecule has 1 aromatic heterocycles. The number of nitrogens with zero attached hydrogens (tertiary/aromatic N) is 2. The average molecular weight is 421 g/mol. The van der Waals surface area contributed by atoms with Crippen molar-refractivity contribution < 1.29 is 9.53 Å². The number of hydrogen-bond donors (Lipinski definition) is 2. The fourth-order valence-corrected chi connectivity index (χ4v) is 3.53. The number of allylic oxidation sites excluding steroid dienone is 3. The number of carbonyl (C=O) groups excluding carboxylic acids is 1. The van der Waals surface area contributed by atoms with E-state index in [2.05, 4.69) is 52.5 Å². The molecule has 6 heteroatoms. The number of nitrogens with two attached hydrogens (primary N) is 1. The molecular formula is C25H32N4O2. The Balaban J connectivity index is 1.41. The van der Waals surface area contributed by atoms with Gasteiger partial charge in [-0.3, -0.25) is 4.79 Å². The van der Waals surface area contributed by atoms with E-state index in [0.29, 0.717) is 23.2 Å². The highest BCUT2D eigenvalue weighted by Gasteiger charge is 2.21. The number of carbonyl (C=O) groups is 1. The van der Waals surface area contributed by atoms with Crippen LogP contribution in [-0.2, 0) is 6.54 Å². The van der Waals surface area contributed by atoms with E-state index in [1.54, 1.807) is 12.1 Å². The molecule has 31 heavy (non-hydrogen) atoms. The Morgan fingerprint density at radius 2 is 2.10 bits per heavy atom. The van der Waals surface area contributed by atoms with E-state index in [1.807, 2.05) is 19.1 Å². The molecule has 0 spiro atoms. The first-order valence-corrected chi connectivity index (χ1v) is 10.8. The summed E-state index contributed by atoms with van der Waals surface area (Å²) in [6.45, 7) is 8.46. The van der Waals surface area contributed by atoms with Crippen LogP contribution in [-0.4, -0.2) is 41.5 Å². The van der Waals surface area contributed by atoms with Gasteiger partial charge in [-0.25, -0.2) is 4.98 Å². The van der Waals surface area contributed by atoms with Crippen molar-refractivity contribution in [1.82, 2.24) is 15.2 Å². The van der Waals surface area contributed by atoms with Crippen molar-refractivity contribution in [3.05, 3.63) is 77.5 Å². The van der Waals surface area contributed by atoms with Gasteiger partial charge >= 0.3 is 0 Å². The molecule has 2 aromatic rings. The lowest BCUT2D eigenvalue weighted by Crippen LogP contribution is -2.32. The summed E-state index contributed by atoms with van der Waals surface area (Å²) in [7, 11) is 0. The quantitative estimate of drug-likeness (QED) is 0.567. The molecule has 3 rings (SSSR count). The van der Waals surface area contributed by atoms with Gasteiger partial charge in [-0.2, -0.15) is 0 Å². The van der Waals surface area contributed by atoms with Crippen molar-refractivity contribution in [1.29, 1.82) is 0 Å². The van der Waals surface area contributed by atoms with Gasteiger partial charge in [0.25, 0.3) is 0 Å². The summed E-state index contributed by atoms with van der Waals surface area (Å²) in [5.41, 5.74) is 8.23. The molecule has 1 aliphatic heterocycles. The van der Waals surface area contributed by atoms with Crippen LogP contribution in [0.1, 0.15) is 42.6 Å². The molecular weight excluding hydrogens is 388 g/mol. The molecule has 0 bridgehead atoms. The van der Waals surface area contributed by atoms with E-state index in [0.717, 1.165) is 32.6 Å². The summed E-state index contributed by atoms with van der Waals surface area (Å²) in [4.78, 5) is 17.8. The Bertz CT molecular complexity index is 904. The number of benzene rings is 1. The smallest absolute Gasteiger partial charge is 0.250 e. The van der Waals surface area contributed by atoms with Gasteiger partial charge in [0, 0.05) is 37.9 Å². The number of ether oxygens (including phenoxy) is 1. The summed E-state index contributed by atoms with van der Waals surface area (Å²) < 4.78 is 5.73. The van der Waals surface area contributed by atoms with E-state index >= 15 is 0 Å². The SMILES string of the molecule is C/C=C\C=C(/C)CCN1CC[C@@H](NCc2ccc(Oc3ccc(C(N)=O)cn3)cc2)C1. The fraction of sp³-hybridized carbons (Fsp3) is 0.360. The van der Waals surface area contributed by atoms with Crippen LogP contribution in [0.3, 0.4) is 0 Å². The van der Waals surface area contributed by atoms with Crippen molar-refractivity contribution in [3.8, 4) is 11.6 Å². The minimum Gasteiger partial charge on any atom is -0.439 e. The van der Waals surface area contributed by atoms with Gasteiger partial charge in [-0.15, -0.1) is 0 Å². The van der Waals surface area contributed by atoms with E-state index in [9.17, 15) is 4.79 Å². The molecule has 0 aliphatic carbocycles. The zero-order chi connectivity index (χ0) is 22.1. The first-order chi connectivity index (χ1) is 15.0. The topological polar surface area (TPSA) is 80.5 Å². The fourth-order valence-electron chi connectivity index (χ4n) is 3.53. The molecule has 1 fully saturated rings. The maximum atomic E-state index is 11.1. The molecule has 1 aliphatic rings. The average Bonchev–Trinajstić information content (AvgIpc) is 3.24. The number of aromatic nitrogens is 1. The summed E-state index contributed by atoms with van der Waals surface area (Å²) in [5, 5.41) is 3.67. The summed E-state index contributed by atoms with van der Waals surface area (Å²) >= 11 is 0. The maximum Gasteiger partial charge on any atom is 0.250 e. The molecule has 164 valence electrons. The van der Waals surface area contributed by atoms with Gasteiger partial charge in [-0.05, 0) is 57.0 Å². The van der Waals surface area contributed by atoms with E-state index < -0.39 is 5.91 Å². The third-order valence-corrected chi connectivity index (χ3v) is 5.43. The van der Waals surface area contributed by atoms with Crippen molar-refractivity contribution in [2.24, 2.45) is 5.73 Å². The lowest BCUT2D eigenvalue weighted by molar-refractivity contribution is 0.1000. The summed E-state index contributed by atoms with van der Waals surface area (Å²) in [6, 6.07) is 11.8. The molecule has 2 heterocycles. The largest absolute Gasteiger partial charge is 0.439 e. The molecule has 0 saturated carbocycles. The van der Waals surface area contributed by atoms with Gasteiger partial charge in [0.2, 0.25) is 11.8 Å².